The first-order valence-electron chi connectivity index (χ1n) is 6.38. The first-order valence-corrected chi connectivity index (χ1v) is 6.38. The Kier molecular flexibility index (Phi) is 6.21. The number of hydrogen-bond acceptors (Lipinski definition) is 6. The Morgan fingerprint density at radius 1 is 1.05 bits per heavy atom. The van der Waals surface area contributed by atoms with Crippen LogP contribution in [0.25, 0.3) is 0 Å². The number of nitro benzene ring substituents is 2. The van der Waals surface area contributed by atoms with E-state index in [1.54, 1.807) is 0 Å². The van der Waals surface area contributed by atoms with Gasteiger partial charge in [-0.25, -0.2) is 0 Å². The molecule has 0 aliphatic carbocycles. The van der Waals surface area contributed by atoms with E-state index in [4.69, 9.17) is 5.73 Å². The zero-order valence-electron chi connectivity index (χ0n) is 11.3. The molecule has 1 rings (SSSR count). The second-order valence-electron chi connectivity index (χ2n) is 4.36. The molecule has 9 heteroatoms. The van der Waals surface area contributed by atoms with Crippen molar-refractivity contribution in [3.8, 4) is 0 Å². The number of unbranched alkanes of at least 4 members (excludes halogenated alkanes) is 2. The first-order chi connectivity index (χ1) is 9.95. The third kappa shape index (κ3) is 5.15. The number of carbonyl (C=O) groups excluding carboxylic acids is 1. The van der Waals surface area contributed by atoms with Crippen LogP contribution < -0.4 is 11.1 Å². The maximum Gasteiger partial charge on any atom is 0.277 e. The van der Waals surface area contributed by atoms with Crippen LogP contribution in [-0.2, 0) is 0 Å². The average molecular weight is 296 g/mol. The lowest BCUT2D eigenvalue weighted by molar-refractivity contribution is -0.394. The number of benzene rings is 1. The number of non-ortho nitro benzene ring substituents is 2. The predicted molar refractivity (Wildman–Crippen MR) is 75.0 cm³/mol. The Bertz CT molecular complexity index is 514. The molecule has 3 N–H and O–H groups in total. The van der Waals surface area contributed by atoms with Crippen molar-refractivity contribution in [2.24, 2.45) is 5.73 Å². The molecule has 0 heterocycles. The lowest BCUT2D eigenvalue weighted by Crippen LogP contribution is -2.24. The molecule has 0 saturated carbocycles. The van der Waals surface area contributed by atoms with E-state index in [0.29, 0.717) is 13.1 Å². The van der Waals surface area contributed by atoms with E-state index >= 15 is 0 Å². The zero-order valence-corrected chi connectivity index (χ0v) is 11.3. The number of carbonyl (C=O) groups is 1. The van der Waals surface area contributed by atoms with Gasteiger partial charge in [0.15, 0.2) is 0 Å². The van der Waals surface area contributed by atoms with Gasteiger partial charge >= 0.3 is 0 Å². The van der Waals surface area contributed by atoms with Gasteiger partial charge in [-0.05, 0) is 19.4 Å². The van der Waals surface area contributed by atoms with Crippen LogP contribution in [0.3, 0.4) is 0 Å². The summed E-state index contributed by atoms with van der Waals surface area (Å²) in [6, 6.07) is 2.85. The summed E-state index contributed by atoms with van der Waals surface area (Å²) < 4.78 is 0. The summed E-state index contributed by atoms with van der Waals surface area (Å²) in [6.45, 7) is 0.959. The minimum Gasteiger partial charge on any atom is -0.352 e. The molecule has 0 spiro atoms. The molecule has 0 aromatic heterocycles. The smallest absolute Gasteiger partial charge is 0.277 e. The summed E-state index contributed by atoms with van der Waals surface area (Å²) in [4.78, 5) is 31.7. The first kappa shape index (κ1) is 16.5. The largest absolute Gasteiger partial charge is 0.352 e. The lowest BCUT2D eigenvalue weighted by Gasteiger charge is -2.05. The SMILES string of the molecule is NCCCCCNC(=O)c1cc([N+](=O)[O-])cc([N+](=O)[O-])c1. The van der Waals surface area contributed by atoms with E-state index < -0.39 is 27.1 Å². The molecule has 0 aliphatic rings. The van der Waals surface area contributed by atoms with Gasteiger partial charge in [0.05, 0.1) is 21.5 Å². The van der Waals surface area contributed by atoms with E-state index in [2.05, 4.69) is 5.32 Å². The summed E-state index contributed by atoms with van der Waals surface area (Å²) in [6.07, 6.45) is 2.42. The zero-order chi connectivity index (χ0) is 15.8. The van der Waals surface area contributed by atoms with Crippen molar-refractivity contribution in [3.05, 3.63) is 44.0 Å². The Morgan fingerprint density at radius 2 is 1.62 bits per heavy atom. The highest BCUT2D eigenvalue weighted by Crippen LogP contribution is 2.22. The Hall–Kier alpha value is -2.55. The lowest BCUT2D eigenvalue weighted by atomic mass is 10.1. The molecule has 0 bridgehead atoms. The van der Waals surface area contributed by atoms with Crippen LogP contribution >= 0.6 is 0 Å². The fourth-order valence-electron chi connectivity index (χ4n) is 1.69. The molecule has 1 amide bonds. The summed E-state index contributed by atoms with van der Waals surface area (Å²) in [5.41, 5.74) is 4.26. The van der Waals surface area contributed by atoms with E-state index in [0.717, 1.165) is 37.5 Å². The summed E-state index contributed by atoms with van der Waals surface area (Å²) >= 11 is 0. The number of nitrogens with one attached hydrogen (secondary N) is 1. The van der Waals surface area contributed by atoms with Gasteiger partial charge in [-0.3, -0.25) is 25.0 Å². The molecule has 1 aromatic carbocycles. The van der Waals surface area contributed by atoms with Crippen LogP contribution in [0.4, 0.5) is 11.4 Å². The van der Waals surface area contributed by atoms with Crippen molar-refractivity contribution in [2.45, 2.75) is 19.3 Å². The fourth-order valence-corrected chi connectivity index (χ4v) is 1.69. The number of nitrogens with two attached hydrogens (primary N) is 1. The van der Waals surface area contributed by atoms with Crippen LogP contribution in [0.15, 0.2) is 18.2 Å². The molecule has 0 aliphatic heterocycles. The van der Waals surface area contributed by atoms with Crippen LogP contribution in [0, 0.1) is 20.2 Å². The standard InChI is InChI=1S/C12H16N4O5/c13-4-2-1-3-5-14-12(17)9-6-10(15(18)19)8-11(7-9)16(20)21/h6-8H,1-5,13H2,(H,14,17). The summed E-state index contributed by atoms with van der Waals surface area (Å²) in [5, 5.41) is 24.0. The molecular weight excluding hydrogens is 280 g/mol. The number of amides is 1. The average Bonchev–Trinajstić information content (AvgIpc) is 2.46. The van der Waals surface area contributed by atoms with Crippen molar-refractivity contribution in [1.29, 1.82) is 0 Å². The molecule has 0 saturated heterocycles. The molecule has 114 valence electrons. The van der Waals surface area contributed by atoms with Gasteiger partial charge in [0.2, 0.25) is 0 Å². The van der Waals surface area contributed by atoms with Crippen LogP contribution in [0.2, 0.25) is 0 Å². The normalized spacial score (nSPS) is 10.1. The van der Waals surface area contributed by atoms with E-state index in [-0.39, 0.29) is 5.56 Å². The molecule has 1 aromatic rings. The fraction of sp³-hybridized carbons (Fsp3) is 0.417. The Labute approximate surface area is 120 Å². The monoisotopic (exact) mass is 296 g/mol. The molecule has 0 atom stereocenters. The van der Waals surface area contributed by atoms with Gasteiger partial charge in [0.1, 0.15) is 0 Å². The van der Waals surface area contributed by atoms with Crippen molar-refractivity contribution in [1.82, 2.24) is 5.32 Å². The van der Waals surface area contributed by atoms with Crippen LogP contribution in [0.1, 0.15) is 29.6 Å². The van der Waals surface area contributed by atoms with Gasteiger partial charge in [-0.1, -0.05) is 6.42 Å². The molecule has 0 radical (unpaired) electrons. The van der Waals surface area contributed by atoms with Crippen molar-refractivity contribution >= 4 is 17.3 Å². The highest BCUT2D eigenvalue weighted by atomic mass is 16.6. The predicted octanol–water partition coefficient (Wildman–Crippen LogP) is 1.36. The quantitative estimate of drug-likeness (QED) is 0.421. The van der Waals surface area contributed by atoms with E-state index in [9.17, 15) is 25.0 Å². The second-order valence-corrected chi connectivity index (χ2v) is 4.36. The topological polar surface area (TPSA) is 141 Å². The maximum absolute atomic E-state index is 11.8. The third-order valence-corrected chi connectivity index (χ3v) is 2.75. The van der Waals surface area contributed by atoms with Crippen LogP contribution in [0.5, 0.6) is 0 Å². The van der Waals surface area contributed by atoms with E-state index in [1.807, 2.05) is 0 Å². The highest BCUT2D eigenvalue weighted by molar-refractivity contribution is 5.95. The van der Waals surface area contributed by atoms with Gasteiger partial charge in [-0.2, -0.15) is 0 Å². The summed E-state index contributed by atoms with van der Waals surface area (Å²) in [5.74, 6) is -0.574. The molecular formula is C12H16N4O5. The maximum atomic E-state index is 11.8. The highest BCUT2D eigenvalue weighted by Gasteiger charge is 2.19. The molecule has 0 fully saturated rings. The third-order valence-electron chi connectivity index (χ3n) is 2.75. The number of nitro groups is 2. The van der Waals surface area contributed by atoms with Gasteiger partial charge < -0.3 is 11.1 Å². The van der Waals surface area contributed by atoms with Gasteiger partial charge in [-0.15, -0.1) is 0 Å². The number of nitrogens with zero attached hydrogens (tertiary/aromatic N) is 2. The Balaban J connectivity index is 2.78. The van der Waals surface area contributed by atoms with E-state index in [1.165, 1.54) is 0 Å². The van der Waals surface area contributed by atoms with Crippen molar-refractivity contribution < 1.29 is 14.6 Å². The second kappa shape index (κ2) is 7.90. The minimum absolute atomic E-state index is 0.102. The molecule has 21 heavy (non-hydrogen) atoms. The minimum atomic E-state index is -0.773. The molecule has 9 nitrogen and oxygen atoms in total. The molecule has 0 unspecified atom stereocenters. The van der Waals surface area contributed by atoms with Crippen molar-refractivity contribution in [3.63, 3.8) is 0 Å². The number of rotatable bonds is 8. The Morgan fingerprint density at radius 3 is 2.10 bits per heavy atom. The van der Waals surface area contributed by atoms with Crippen molar-refractivity contribution in [2.75, 3.05) is 13.1 Å². The van der Waals surface area contributed by atoms with Gasteiger partial charge in [0, 0.05) is 18.7 Å². The number of hydrogen-bond donors (Lipinski definition) is 2. The summed E-state index contributed by atoms with van der Waals surface area (Å²) in [7, 11) is 0. The van der Waals surface area contributed by atoms with Gasteiger partial charge in [0.25, 0.3) is 17.3 Å². The van der Waals surface area contributed by atoms with Crippen LogP contribution in [-0.4, -0.2) is 28.8 Å².